The average molecular weight is 347 g/mol. The zero-order chi connectivity index (χ0) is 17.5. The third kappa shape index (κ3) is 2.71. The van der Waals surface area contributed by atoms with Gasteiger partial charge in [-0.1, -0.05) is 6.07 Å². The smallest absolute Gasteiger partial charge is 0.264 e. The molecule has 2 aromatic carbocycles. The second kappa shape index (κ2) is 6.02. The van der Waals surface area contributed by atoms with Crippen LogP contribution < -0.4 is 13.8 Å². The normalized spacial score (nSPS) is 14.1. The quantitative estimate of drug-likeness (QED) is 0.855. The summed E-state index contributed by atoms with van der Waals surface area (Å²) in [6.45, 7) is 6.19. The predicted molar refractivity (Wildman–Crippen MR) is 93.7 cm³/mol. The Morgan fingerprint density at radius 2 is 1.83 bits per heavy atom. The van der Waals surface area contributed by atoms with Crippen LogP contribution in [0.25, 0.3) is 0 Å². The molecule has 0 amide bonds. The molecule has 0 atom stereocenters. The predicted octanol–water partition coefficient (Wildman–Crippen LogP) is 3.21. The van der Waals surface area contributed by atoms with E-state index in [0.717, 1.165) is 11.1 Å². The summed E-state index contributed by atoms with van der Waals surface area (Å²) in [4.78, 5) is 0.301. The van der Waals surface area contributed by atoms with Crippen LogP contribution in [0.15, 0.2) is 35.2 Å². The van der Waals surface area contributed by atoms with Gasteiger partial charge in [-0.2, -0.15) is 0 Å². The van der Waals surface area contributed by atoms with Gasteiger partial charge in [0.15, 0.2) is 0 Å². The molecule has 0 spiro atoms. The molecule has 2 aromatic rings. The van der Waals surface area contributed by atoms with E-state index in [1.807, 2.05) is 32.0 Å². The number of ether oxygens (including phenoxy) is 2. The van der Waals surface area contributed by atoms with Crippen molar-refractivity contribution in [3.8, 4) is 11.5 Å². The number of aryl methyl sites for hydroxylation is 3. The standard InChI is InChI=1S/C18H21NO4S/c1-12-5-6-16-15(9-12)19(7-8-23-16)24(20,21)18-11-13(2)17(22-4)10-14(18)3/h5-6,9-11H,7-8H2,1-4H3. The van der Waals surface area contributed by atoms with Gasteiger partial charge in [0.05, 0.1) is 24.2 Å². The van der Waals surface area contributed by atoms with Crippen molar-refractivity contribution in [2.45, 2.75) is 25.7 Å². The van der Waals surface area contributed by atoms with Gasteiger partial charge in [0, 0.05) is 0 Å². The average Bonchev–Trinajstić information content (AvgIpc) is 2.55. The molecule has 0 unspecified atom stereocenters. The first-order valence-electron chi connectivity index (χ1n) is 7.76. The monoisotopic (exact) mass is 347 g/mol. The number of methoxy groups -OCH3 is 1. The lowest BCUT2D eigenvalue weighted by molar-refractivity contribution is 0.315. The lowest BCUT2D eigenvalue weighted by Crippen LogP contribution is -2.38. The van der Waals surface area contributed by atoms with E-state index < -0.39 is 10.0 Å². The fraction of sp³-hybridized carbons (Fsp3) is 0.333. The molecule has 6 heteroatoms. The Hall–Kier alpha value is -2.21. The molecular weight excluding hydrogens is 326 g/mol. The maximum absolute atomic E-state index is 13.3. The molecule has 0 aromatic heterocycles. The first-order chi connectivity index (χ1) is 11.3. The maximum atomic E-state index is 13.3. The van der Waals surface area contributed by atoms with Crippen LogP contribution in [0.3, 0.4) is 0 Å². The lowest BCUT2D eigenvalue weighted by atomic mass is 10.1. The molecule has 1 heterocycles. The van der Waals surface area contributed by atoms with E-state index in [1.54, 1.807) is 26.2 Å². The molecule has 0 saturated carbocycles. The second-order valence-electron chi connectivity index (χ2n) is 5.98. The van der Waals surface area contributed by atoms with Gasteiger partial charge in [-0.25, -0.2) is 8.42 Å². The number of sulfonamides is 1. The fourth-order valence-electron chi connectivity index (χ4n) is 2.93. The number of rotatable bonds is 3. The van der Waals surface area contributed by atoms with E-state index in [2.05, 4.69) is 0 Å². The number of fused-ring (bicyclic) bond motifs is 1. The number of hydrogen-bond donors (Lipinski definition) is 0. The largest absolute Gasteiger partial charge is 0.496 e. The van der Waals surface area contributed by atoms with E-state index in [4.69, 9.17) is 9.47 Å². The summed E-state index contributed by atoms with van der Waals surface area (Å²) >= 11 is 0. The van der Waals surface area contributed by atoms with Crippen molar-refractivity contribution in [1.82, 2.24) is 0 Å². The highest BCUT2D eigenvalue weighted by atomic mass is 32.2. The number of anilines is 1. The van der Waals surface area contributed by atoms with E-state index >= 15 is 0 Å². The first-order valence-corrected chi connectivity index (χ1v) is 9.20. The summed E-state index contributed by atoms with van der Waals surface area (Å²) in [5.41, 5.74) is 3.04. The molecule has 5 nitrogen and oxygen atoms in total. The van der Waals surface area contributed by atoms with Gasteiger partial charge in [-0.15, -0.1) is 0 Å². The molecule has 1 aliphatic rings. The van der Waals surface area contributed by atoms with Crippen molar-refractivity contribution >= 4 is 15.7 Å². The maximum Gasteiger partial charge on any atom is 0.264 e. The topological polar surface area (TPSA) is 55.8 Å². The van der Waals surface area contributed by atoms with Crippen molar-refractivity contribution in [2.75, 3.05) is 24.6 Å². The molecule has 0 aliphatic carbocycles. The van der Waals surface area contributed by atoms with E-state index in [-0.39, 0.29) is 0 Å². The van der Waals surface area contributed by atoms with Gasteiger partial charge in [0.2, 0.25) is 0 Å². The van der Waals surface area contributed by atoms with Gasteiger partial charge >= 0.3 is 0 Å². The molecular formula is C18H21NO4S. The Bertz CT molecular complexity index is 890. The van der Waals surface area contributed by atoms with Crippen LogP contribution >= 0.6 is 0 Å². The number of hydrogen-bond acceptors (Lipinski definition) is 4. The molecule has 0 bridgehead atoms. The van der Waals surface area contributed by atoms with Crippen molar-refractivity contribution in [2.24, 2.45) is 0 Å². The van der Waals surface area contributed by atoms with Crippen LogP contribution in [0, 0.1) is 20.8 Å². The molecule has 1 aliphatic heterocycles. The van der Waals surface area contributed by atoms with Gasteiger partial charge in [-0.05, 0) is 61.7 Å². The Balaban J connectivity index is 2.14. The van der Waals surface area contributed by atoms with Gasteiger partial charge in [-0.3, -0.25) is 4.31 Å². The zero-order valence-electron chi connectivity index (χ0n) is 14.3. The Kier molecular flexibility index (Phi) is 4.17. The molecule has 0 radical (unpaired) electrons. The molecule has 0 N–H and O–H groups in total. The minimum absolute atomic E-state index is 0.295. The van der Waals surface area contributed by atoms with Crippen LogP contribution in [0.2, 0.25) is 0 Å². The van der Waals surface area contributed by atoms with Crippen molar-refractivity contribution in [3.05, 3.63) is 47.0 Å². The third-order valence-corrected chi connectivity index (χ3v) is 6.15. The summed E-state index contributed by atoms with van der Waals surface area (Å²) < 4.78 is 38.9. The SMILES string of the molecule is COc1cc(C)c(S(=O)(=O)N2CCOc3ccc(C)cc32)cc1C. The summed E-state index contributed by atoms with van der Waals surface area (Å²) in [5, 5.41) is 0. The second-order valence-corrected chi connectivity index (χ2v) is 7.81. The highest BCUT2D eigenvalue weighted by Crippen LogP contribution is 2.37. The zero-order valence-corrected chi connectivity index (χ0v) is 15.1. The molecule has 0 fully saturated rings. The van der Waals surface area contributed by atoms with Crippen molar-refractivity contribution < 1.29 is 17.9 Å². The first kappa shape index (κ1) is 16.6. The minimum atomic E-state index is -3.67. The van der Waals surface area contributed by atoms with Crippen molar-refractivity contribution in [1.29, 1.82) is 0 Å². The van der Waals surface area contributed by atoms with E-state index in [9.17, 15) is 8.42 Å². The number of nitrogens with zero attached hydrogens (tertiary/aromatic N) is 1. The summed E-state index contributed by atoms with van der Waals surface area (Å²) in [6, 6.07) is 9.02. The third-order valence-electron chi connectivity index (χ3n) is 4.20. The van der Waals surface area contributed by atoms with E-state index in [0.29, 0.717) is 40.8 Å². The molecule has 3 rings (SSSR count). The van der Waals surface area contributed by atoms with Crippen LogP contribution in [0.1, 0.15) is 16.7 Å². The Morgan fingerprint density at radius 1 is 1.08 bits per heavy atom. The van der Waals surface area contributed by atoms with Gasteiger partial charge < -0.3 is 9.47 Å². The Morgan fingerprint density at radius 3 is 2.54 bits per heavy atom. The number of benzene rings is 2. The minimum Gasteiger partial charge on any atom is -0.496 e. The van der Waals surface area contributed by atoms with Crippen molar-refractivity contribution in [3.63, 3.8) is 0 Å². The summed E-state index contributed by atoms with van der Waals surface area (Å²) in [6.07, 6.45) is 0. The fourth-order valence-corrected chi connectivity index (χ4v) is 4.68. The van der Waals surface area contributed by atoms with Crippen LogP contribution in [0.5, 0.6) is 11.5 Å². The van der Waals surface area contributed by atoms with Crippen LogP contribution in [-0.4, -0.2) is 28.7 Å². The van der Waals surface area contributed by atoms with Crippen LogP contribution in [-0.2, 0) is 10.0 Å². The molecule has 24 heavy (non-hydrogen) atoms. The highest BCUT2D eigenvalue weighted by Gasteiger charge is 2.31. The van der Waals surface area contributed by atoms with Gasteiger partial charge in [0.1, 0.15) is 18.1 Å². The summed E-state index contributed by atoms with van der Waals surface area (Å²) in [5.74, 6) is 1.28. The van der Waals surface area contributed by atoms with Crippen LogP contribution in [0.4, 0.5) is 5.69 Å². The molecule has 0 saturated heterocycles. The Labute approximate surface area is 142 Å². The molecule has 128 valence electrons. The van der Waals surface area contributed by atoms with E-state index in [1.165, 1.54) is 4.31 Å². The lowest BCUT2D eigenvalue weighted by Gasteiger charge is -2.31. The van der Waals surface area contributed by atoms with Gasteiger partial charge in [0.25, 0.3) is 10.0 Å². The summed E-state index contributed by atoms with van der Waals surface area (Å²) in [7, 11) is -2.09. The highest BCUT2D eigenvalue weighted by molar-refractivity contribution is 7.92.